The van der Waals surface area contributed by atoms with Gasteiger partial charge in [-0.3, -0.25) is 4.90 Å². The summed E-state index contributed by atoms with van der Waals surface area (Å²) in [4.78, 5) is 13.2. The number of aliphatic hydroxyl groups is 1. The van der Waals surface area contributed by atoms with Gasteiger partial charge in [0.2, 0.25) is 5.28 Å². The maximum Gasteiger partial charge on any atom is 0.222 e. The van der Waals surface area contributed by atoms with Gasteiger partial charge in [-0.2, -0.15) is 0 Å². The van der Waals surface area contributed by atoms with Gasteiger partial charge in [0.05, 0.1) is 30.4 Å². The molecular formula is C19H25ClN4O2. The van der Waals surface area contributed by atoms with Gasteiger partial charge in [-0.05, 0) is 42.6 Å². The normalized spacial score (nSPS) is 27.4. The van der Waals surface area contributed by atoms with Crippen LogP contribution in [0.1, 0.15) is 19.4 Å². The summed E-state index contributed by atoms with van der Waals surface area (Å²) in [6, 6.07) is 4.30. The fraction of sp³-hybridized carbons (Fsp3) is 0.579. The van der Waals surface area contributed by atoms with Crippen LogP contribution in [0.15, 0.2) is 18.3 Å². The zero-order valence-electron chi connectivity index (χ0n) is 15.3. The number of benzene rings is 1. The molecule has 6 nitrogen and oxygen atoms in total. The summed E-state index contributed by atoms with van der Waals surface area (Å²) in [6.07, 6.45) is 2.33. The topological polar surface area (TPSA) is 61.7 Å². The van der Waals surface area contributed by atoms with E-state index in [0.29, 0.717) is 13.2 Å². The molecule has 0 radical (unpaired) electrons. The Bertz CT molecular complexity index is 809. The number of rotatable bonds is 3. The standard InChI is InChI=1S/C19H25ClN4O2/c1-3-13-8-14-10-21-18(20)22-15(14)9-16(13)23-4-6-24(7-5-23)19(2)12-26-11-17(19)25/h8-10,17,25H,3-7,11-12H2,1-2H3/t17-,19+/m1/s1. The first-order valence-corrected chi connectivity index (χ1v) is 9.60. The quantitative estimate of drug-likeness (QED) is 0.828. The summed E-state index contributed by atoms with van der Waals surface area (Å²) in [5.74, 6) is 0. The molecular weight excluding hydrogens is 352 g/mol. The molecule has 0 saturated carbocycles. The summed E-state index contributed by atoms with van der Waals surface area (Å²) in [5.41, 5.74) is 3.13. The first kappa shape index (κ1) is 17.9. The van der Waals surface area contributed by atoms with Gasteiger partial charge in [0.15, 0.2) is 0 Å². The van der Waals surface area contributed by atoms with Gasteiger partial charge in [-0.25, -0.2) is 9.97 Å². The maximum atomic E-state index is 10.3. The lowest BCUT2D eigenvalue weighted by Crippen LogP contribution is -2.60. The molecule has 3 heterocycles. The van der Waals surface area contributed by atoms with Gasteiger partial charge in [-0.15, -0.1) is 0 Å². The van der Waals surface area contributed by atoms with Crippen molar-refractivity contribution in [3.63, 3.8) is 0 Å². The highest BCUT2D eigenvalue weighted by Crippen LogP contribution is 2.31. The molecule has 4 rings (SSSR count). The third-order valence-corrected chi connectivity index (χ3v) is 6.04. The Hall–Kier alpha value is -1.47. The number of fused-ring (bicyclic) bond motifs is 1. The van der Waals surface area contributed by atoms with Crippen LogP contribution < -0.4 is 4.90 Å². The van der Waals surface area contributed by atoms with E-state index in [1.165, 1.54) is 11.3 Å². The highest BCUT2D eigenvalue weighted by molar-refractivity contribution is 6.28. The molecule has 1 N–H and O–H groups in total. The summed E-state index contributed by atoms with van der Waals surface area (Å²) in [5, 5.41) is 11.6. The number of halogens is 1. The zero-order chi connectivity index (χ0) is 18.3. The number of nitrogens with zero attached hydrogens (tertiary/aromatic N) is 4. The zero-order valence-corrected chi connectivity index (χ0v) is 16.0. The summed E-state index contributed by atoms with van der Waals surface area (Å²) < 4.78 is 5.50. The number of hydrogen-bond acceptors (Lipinski definition) is 6. The molecule has 0 unspecified atom stereocenters. The van der Waals surface area contributed by atoms with E-state index in [1.807, 2.05) is 0 Å². The van der Waals surface area contributed by atoms with E-state index in [2.05, 4.69) is 45.7 Å². The highest BCUT2D eigenvalue weighted by atomic mass is 35.5. The van der Waals surface area contributed by atoms with Crippen LogP contribution in [0.2, 0.25) is 5.28 Å². The SMILES string of the molecule is CCc1cc2cnc(Cl)nc2cc1N1CCN([C@@]2(C)COC[C@H]2O)CC1. The largest absolute Gasteiger partial charge is 0.389 e. The fourth-order valence-electron chi connectivity index (χ4n) is 4.08. The lowest BCUT2D eigenvalue weighted by Gasteiger charge is -2.45. The van der Waals surface area contributed by atoms with Crippen LogP contribution in [0.4, 0.5) is 5.69 Å². The number of aryl methyl sites for hydroxylation is 1. The number of aliphatic hydroxyl groups excluding tert-OH is 1. The minimum absolute atomic E-state index is 0.274. The van der Waals surface area contributed by atoms with Crippen molar-refractivity contribution in [2.75, 3.05) is 44.3 Å². The lowest BCUT2D eigenvalue weighted by molar-refractivity contribution is 0.00882. The third kappa shape index (κ3) is 3.05. The summed E-state index contributed by atoms with van der Waals surface area (Å²) in [7, 11) is 0. The van der Waals surface area contributed by atoms with Crippen LogP contribution in [0.5, 0.6) is 0 Å². The number of piperazine rings is 1. The maximum absolute atomic E-state index is 10.3. The monoisotopic (exact) mass is 376 g/mol. The Morgan fingerprint density at radius 2 is 2.08 bits per heavy atom. The molecule has 0 bridgehead atoms. The molecule has 1 aromatic carbocycles. The summed E-state index contributed by atoms with van der Waals surface area (Å²) >= 11 is 5.97. The number of aromatic nitrogens is 2. The number of hydrogen-bond donors (Lipinski definition) is 1. The molecule has 1 aromatic heterocycles. The van der Waals surface area contributed by atoms with Crippen molar-refractivity contribution in [2.24, 2.45) is 0 Å². The van der Waals surface area contributed by atoms with E-state index in [9.17, 15) is 5.11 Å². The van der Waals surface area contributed by atoms with Crippen molar-refractivity contribution >= 4 is 28.2 Å². The lowest BCUT2D eigenvalue weighted by atomic mass is 9.95. The van der Waals surface area contributed by atoms with Gasteiger partial charge < -0.3 is 14.7 Å². The molecule has 2 aliphatic heterocycles. The average Bonchev–Trinajstić information content (AvgIpc) is 3.00. The molecule has 2 fully saturated rings. The van der Waals surface area contributed by atoms with Crippen molar-refractivity contribution < 1.29 is 9.84 Å². The molecule has 2 saturated heterocycles. The van der Waals surface area contributed by atoms with Crippen LogP contribution in [-0.2, 0) is 11.2 Å². The smallest absolute Gasteiger partial charge is 0.222 e. The molecule has 2 aromatic rings. The predicted octanol–water partition coefficient (Wildman–Crippen LogP) is 2.12. The molecule has 7 heteroatoms. The molecule has 0 spiro atoms. The van der Waals surface area contributed by atoms with E-state index >= 15 is 0 Å². The van der Waals surface area contributed by atoms with Gasteiger partial charge in [0, 0.05) is 43.4 Å². The Morgan fingerprint density at radius 3 is 2.73 bits per heavy atom. The Labute approximate surface area is 158 Å². The van der Waals surface area contributed by atoms with Crippen LogP contribution in [0.25, 0.3) is 10.9 Å². The van der Waals surface area contributed by atoms with Crippen molar-refractivity contribution in [1.29, 1.82) is 0 Å². The highest BCUT2D eigenvalue weighted by Gasteiger charge is 2.44. The van der Waals surface area contributed by atoms with Crippen molar-refractivity contribution in [1.82, 2.24) is 14.9 Å². The second kappa shape index (κ2) is 6.93. The van der Waals surface area contributed by atoms with E-state index < -0.39 is 6.10 Å². The number of ether oxygens (including phenoxy) is 1. The minimum Gasteiger partial charge on any atom is -0.389 e. The van der Waals surface area contributed by atoms with Gasteiger partial charge in [0.1, 0.15) is 0 Å². The van der Waals surface area contributed by atoms with Crippen LogP contribution in [0.3, 0.4) is 0 Å². The van der Waals surface area contributed by atoms with Gasteiger partial charge >= 0.3 is 0 Å². The van der Waals surface area contributed by atoms with Crippen LogP contribution in [-0.4, -0.2) is 71.0 Å². The Balaban J connectivity index is 1.57. The second-order valence-corrected chi connectivity index (χ2v) is 7.73. The van der Waals surface area contributed by atoms with E-state index in [-0.39, 0.29) is 10.8 Å². The number of anilines is 1. The average molecular weight is 377 g/mol. The second-order valence-electron chi connectivity index (χ2n) is 7.39. The molecule has 2 atom stereocenters. The molecule has 26 heavy (non-hydrogen) atoms. The third-order valence-electron chi connectivity index (χ3n) is 5.86. The van der Waals surface area contributed by atoms with Crippen molar-refractivity contribution in [3.8, 4) is 0 Å². The summed E-state index contributed by atoms with van der Waals surface area (Å²) in [6.45, 7) is 8.95. The van der Waals surface area contributed by atoms with E-state index in [4.69, 9.17) is 16.3 Å². The van der Waals surface area contributed by atoms with Crippen LogP contribution in [0, 0.1) is 0 Å². The van der Waals surface area contributed by atoms with Crippen molar-refractivity contribution in [3.05, 3.63) is 29.2 Å². The molecule has 2 aliphatic rings. The fourth-order valence-corrected chi connectivity index (χ4v) is 4.22. The predicted molar refractivity (Wildman–Crippen MR) is 103 cm³/mol. The first-order valence-electron chi connectivity index (χ1n) is 9.22. The van der Waals surface area contributed by atoms with Crippen molar-refractivity contribution in [2.45, 2.75) is 31.9 Å². The van der Waals surface area contributed by atoms with Gasteiger partial charge in [0.25, 0.3) is 0 Å². The van der Waals surface area contributed by atoms with Crippen LogP contribution >= 0.6 is 11.6 Å². The molecule has 140 valence electrons. The van der Waals surface area contributed by atoms with E-state index in [1.54, 1.807) is 6.20 Å². The Kier molecular flexibility index (Phi) is 4.77. The molecule has 0 aliphatic carbocycles. The molecule has 0 amide bonds. The van der Waals surface area contributed by atoms with Gasteiger partial charge in [-0.1, -0.05) is 6.92 Å². The Morgan fingerprint density at radius 1 is 1.31 bits per heavy atom. The first-order chi connectivity index (χ1) is 12.5. The van der Waals surface area contributed by atoms with E-state index in [0.717, 1.165) is 43.5 Å². The minimum atomic E-state index is -0.417.